The van der Waals surface area contributed by atoms with Gasteiger partial charge in [-0.1, -0.05) is 59.9 Å². The number of carbonyl (C=O) groups is 1. The third kappa shape index (κ3) is 6.85. The van der Waals surface area contributed by atoms with Gasteiger partial charge in [0.2, 0.25) is 0 Å². The summed E-state index contributed by atoms with van der Waals surface area (Å²) in [6.45, 7) is 2.06. The number of ether oxygens (including phenoxy) is 4. The van der Waals surface area contributed by atoms with E-state index in [1.54, 1.807) is 62.6 Å². The second kappa shape index (κ2) is 14.4. The Morgan fingerprint density at radius 1 is 0.959 bits per heavy atom. The monoisotopic (exact) mass is 677 g/mol. The first kappa shape index (κ1) is 32.9. The number of methoxy groups -OCH3 is 2. The lowest BCUT2D eigenvalue weighted by Crippen LogP contribution is -2.40. The first-order chi connectivity index (χ1) is 23.8. The van der Waals surface area contributed by atoms with Gasteiger partial charge in [-0.15, -0.1) is 0 Å². The van der Waals surface area contributed by atoms with E-state index < -0.39 is 16.9 Å². The molecule has 4 aromatic carbocycles. The lowest BCUT2D eigenvalue weighted by Gasteiger charge is -2.26. The molecule has 1 aromatic heterocycles. The van der Waals surface area contributed by atoms with Crippen molar-refractivity contribution < 1.29 is 28.7 Å². The number of non-ortho nitro benzene ring substituents is 1. The maximum atomic E-state index is 14.2. The SMILES string of the molecule is CCOC(=O)C1=C(c2ccccc2)N=c2s/c(=C\c3ccc(OCc4ccc([N+](=O)[O-])cc4)c(OC)c3)c(=O)n2[C@@H]1c1ccc(OC)cc1. The number of rotatable bonds is 11. The van der Waals surface area contributed by atoms with Crippen LogP contribution in [-0.4, -0.2) is 36.3 Å². The zero-order valence-corrected chi connectivity index (χ0v) is 27.6. The summed E-state index contributed by atoms with van der Waals surface area (Å²) >= 11 is 1.21. The number of esters is 1. The Morgan fingerprint density at radius 3 is 2.35 bits per heavy atom. The number of benzene rings is 4. The van der Waals surface area contributed by atoms with Crippen molar-refractivity contribution in [2.75, 3.05) is 20.8 Å². The van der Waals surface area contributed by atoms with Crippen molar-refractivity contribution in [3.05, 3.63) is 155 Å². The molecule has 0 N–H and O–H groups in total. The fraction of sp³-hybridized carbons (Fsp3) is 0.162. The molecular formula is C37H31N3O8S. The smallest absolute Gasteiger partial charge is 0.338 e. The third-order valence-electron chi connectivity index (χ3n) is 7.83. The molecule has 1 aliphatic rings. The first-order valence-corrected chi connectivity index (χ1v) is 16.1. The van der Waals surface area contributed by atoms with Crippen LogP contribution < -0.4 is 29.1 Å². The standard InChI is InChI=1S/C37H31N3O8S/c1-4-47-36(42)32-33(25-8-6-5-7-9-25)38-37-39(34(32)26-13-17-28(45-2)18-14-26)35(41)31(49-37)21-24-12-19-29(30(20-24)46-3)48-22-23-10-15-27(16-11-23)40(43)44/h5-21,34H,4,22H2,1-3H3/b31-21-/t34-/m1/s1. The molecule has 0 bridgehead atoms. The molecule has 0 amide bonds. The molecule has 0 saturated carbocycles. The summed E-state index contributed by atoms with van der Waals surface area (Å²) < 4.78 is 24.4. The van der Waals surface area contributed by atoms with Crippen molar-refractivity contribution in [3.63, 3.8) is 0 Å². The molecule has 0 saturated heterocycles. The summed E-state index contributed by atoms with van der Waals surface area (Å²) in [5.74, 6) is 0.977. The zero-order valence-electron chi connectivity index (χ0n) is 26.8. The Balaban J connectivity index is 1.43. The summed E-state index contributed by atoms with van der Waals surface area (Å²) in [5.41, 5.74) is 3.21. The molecule has 2 heterocycles. The fourth-order valence-electron chi connectivity index (χ4n) is 5.46. The van der Waals surface area contributed by atoms with Gasteiger partial charge in [0.25, 0.3) is 11.2 Å². The topological polar surface area (TPSA) is 131 Å². The largest absolute Gasteiger partial charge is 0.497 e. The number of fused-ring (bicyclic) bond motifs is 1. The van der Waals surface area contributed by atoms with E-state index in [9.17, 15) is 19.7 Å². The van der Waals surface area contributed by atoms with Crippen LogP contribution in [0.25, 0.3) is 11.8 Å². The molecular weight excluding hydrogens is 646 g/mol. The molecule has 0 aliphatic carbocycles. The molecule has 0 radical (unpaired) electrons. The van der Waals surface area contributed by atoms with Crippen molar-refractivity contribution >= 4 is 34.8 Å². The second-order valence-corrected chi connectivity index (χ2v) is 11.8. The highest BCUT2D eigenvalue weighted by atomic mass is 32.1. The molecule has 49 heavy (non-hydrogen) atoms. The highest BCUT2D eigenvalue weighted by Gasteiger charge is 2.35. The van der Waals surface area contributed by atoms with Crippen molar-refractivity contribution in [1.29, 1.82) is 0 Å². The van der Waals surface area contributed by atoms with E-state index in [0.717, 1.165) is 11.1 Å². The maximum Gasteiger partial charge on any atom is 0.338 e. The number of nitrogens with zero attached hydrogens (tertiary/aromatic N) is 3. The summed E-state index contributed by atoms with van der Waals surface area (Å²) in [7, 11) is 3.09. The van der Waals surface area contributed by atoms with E-state index in [0.29, 0.717) is 43.4 Å². The molecule has 248 valence electrons. The Bertz CT molecular complexity index is 2220. The first-order valence-electron chi connectivity index (χ1n) is 15.3. The zero-order chi connectivity index (χ0) is 34.5. The van der Waals surface area contributed by atoms with E-state index in [1.807, 2.05) is 42.5 Å². The van der Waals surface area contributed by atoms with Crippen LogP contribution in [0.2, 0.25) is 0 Å². The van der Waals surface area contributed by atoms with Crippen LogP contribution in [0.4, 0.5) is 5.69 Å². The summed E-state index contributed by atoms with van der Waals surface area (Å²) in [4.78, 5) is 43.7. The van der Waals surface area contributed by atoms with E-state index in [1.165, 1.54) is 35.1 Å². The minimum atomic E-state index is -0.816. The van der Waals surface area contributed by atoms with Gasteiger partial charge < -0.3 is 18.9 Å². The van der Waals surface area contributed by atoms with Crippen molar-refractivity contribution in [2.45, 2.75) is 19.6 Å². The van der Waals surface area contributed by atoms with Gasteiger partial charge >= 0.3 is 5.97 Å². The predicted molar refractivity (Wildman–Crippen MR) is 184 cm³/mol. The molecule has 1 aliphatic heterocycles. The van der Waals surface area contributed by atoms with Gasteiger partial charge in [-0.3, -0.25) is 19.5 Å². The number of hydrogen-bond donors (Lipinski definition) is 0. The van der Waals surface area contributed by atoms with Gasteiger partial charge in [-0.05, 0) is 66.1 Å². The fourth-order valence-corrected chi connectivity index (χ4v) is 6.46. The summed E-state index contributed by atoms with van der Waals surface area (Å²) in [6, 6.07) is 27.2. The lowest BCUT2D eigenvalue weighted by molar-refractivity contribution is -0.384. The number of thiazole rings is 1. The van der Waals surface area contributed by atoms with E-state index in [2.05, 4.69) is 0 Å². The highest BCUT2D eigenvalue weighted by molar-refractivity contribution is 7.07. The molecule has 12 heteroatoms. The van der Waals surface area contributed by atoms with Crippen LogP contribution in [0.15, 0.2) is 112 Å². The number of aromatic nitrogens is 1. The molecule has 0 unspecified atom stereocenters. The second-order valence-electron chi connectivity index (χ2n) is 10.8. The van der Waals surface area contributed by atoms with Crippen molar-refractivity contribution in [2.24, 2.45) is 4.99 Å². The van der Waals surface area contributed by atoms with E-state index >= 15 is 0 Å². The Morgan fingerprint density at radius 2 is 1.69 bits per heavy atom. The third-order valence-corrected chi connectivity index (χ3v) is 8.82. The molecule has 1 atom stereocenters. The molecule has 0 spiro atoms. The molecule has 11 nitrogen and oxygen atoms in total. The van der Waals surface area contributed by atoms with Crippen molar-refractivity contribution in [3.8, 4) is 17.2 Å². The number of hydrogen-bond acceptors (Lipinski definition) is 10. The van der Waals surface area contributed by atoms with Gasteiger partial charge in [0.15, 0.2) is 16.3 Å². The van der Waals surface area contributed by atoms with Crippen molar-refractivity contribution in [1.82, 2.24) is 4.57 Å². The van der Waals surface area contributed by atoms with Crippen LogP contribution >= 0.6 is 11.3 Å². The number of nitro benzene ring substituents is 1. The minimum absolute atomic E-state index is 0.000287. The lowest BCUT2D eigenvalue weighted by atomic mass is 9.93. The number of carbonyl (C=O) groups excluding carboxylic acids is 1. The van der Waals surface area contributed by atoms with Crippen LogP contribution in [-0.2, 0) is 16.1 Å². The Hall–Kier alpha value is -6.01. The minimum Gasteiger partial charge on any atom is -0.497 e. The highest BCUT2D eigenvalue weighted by Crippen LogP contribution is 2.36. The van der Waals surface area contributed by atoms with Crippen LogP contribution in [0.1, 0.15) is 35.2 Å². The Labute approximate surface area is 284 Å². The van der Waals surface area contributed by atoms with Gasteiger partial charge in [0, 0.05) is 17.7 Å². The van der Waals surface area contributed by atoms with E-state index in [-0.39, 0.29) is 30.0 Å². The summed E-state index contributed by atoms with van der Waals surface area (Å²) in [5, 5.41) is 11.0. The number of nitro groups is 1. The van der Waals surface area contributed by atoms with Gasteiger partial charge in [-0.2, -0.15) is 0 Å². The maximum absolute atomic E-state index is 14.2. The van der Waals surface area contributed by atoms with Crippen LogP contribution in [0.3, 0.4) is 0 Å². The predicted octanol–water partition coefficient (Wildman–Crippen LogP) is 5.44. The van der Waals surface area contributed by atoms with E-state index in [4.69, 9.17) is 23.9 Å². The molecule has 6 rings (SSSR count). The normalized spacial score (nSPS) is 14.1. The van der Waals surface area contributed by atoms with Crippen LogP contribution in [0.5, 0.6) is 17.2 Å². The Kier molecular flexibility index (Phi) is 9.67. The van der Waals surface area contributed by atoms with Gasteiger partial charge in [0.05, 0.1) is 47.6 Å². The van der Waals surface area contributed by atoms with Gasteiger partial charge in [0.1, 0.15) is 12.4 Å². The van der Waals surface area contributed by atoms with Crippen LogP contribution in [0, 0.1) is 10.1 Å². The summed E-state index contributed by atoms with van der Waals surface area (Å²) in [6.07, 6.45) is 1.74. The molecule has 5 aromatic rings. The average molecular weight is 678 g/mol. The quantitative estimate of drug-likeness (QED) is 0.103. The van der Waals surface area contributed by atoms with Gasteiger partial charge in [-0.25, -0.2) is 9.79 Å². The average Bonchev–Trinajstić information content (AvgIpc) is 3.44. The molecule has 0 fully saturated rings.